The maximum atomic E-state index is 8.42. The molecule has 0 aromatic carbocycles. The SMILES string of the molecule is CCCCSSSSSS.COOP(O)OOC. The summed E-state index contributed by atoms with van der Waals surface area (Å²) in [6, 6.07) is 0. The van der Waals surface area contributed by atoms with Gasteiger partial charge in [-0.05, 0) is 45.7 Å². The molecule has 0 atom stereocenters. The molecule has 112 valence electrons. The van der Waals surface area contributed by atoms with Crippen LogP contribution in [0.4, 0.5) is 0 Å². The van der Waals surface area contributed by atoms with E-state index in [4.69, 9.17) is 4.89 Å². The lowest BCUT2D eigenvalue weighted by Gasteiger charge is -2.02. The molecule has 12 heteroatoms. The minimum atomic E-state index is -2.03. The molecule has 0 saturated heterocycles. The van der Waals surface area contributed by atoms with Crippen LogP contribution < -0.4 is 0 Å². The average Bonchev–Trinajstić information content (AvgIpc) is 2.35. The highest BCUT2D eigenvalue weighted by molar-refractivity contribution is 9.41. The first-order valence-corrected chi connectivity index (χ1v) is 13.1. The van der Waals surface area contributed by atoms with E-state index in [0.717, 1.165) is 0 Å². The summed E-state index contributed by atoms with van der Waals surface area (Å²) < 4.78 is 8.11. The molecule has 0 aromatic heterocycles. The Hall–Kier alpha value is 2.33. The van der Waals surface area contributed by atoms with Crippen LogP contribution in [0.3, 0.4) is 0 Å². The Morgan fingerprint density at radius 1 is 1.11 bits per heavy atom. The van der Waals surface area contributed by atoms with Gasteiger partial charge in [-0.2, -0.15) is 9.35 Å². The molecule has 0 aliphatic carbocycles. The fraction of sp³-hybridized carbons (Fsp3) is 1.00. The lowest BCUT2D eigenvalue weighted by atomic mass is 10.4. The van der Waals surface area contributed by atoms with Crippen LogP contribution in [0.1, 0.15) is 19.8 Å². The normalized spacial score (nSPS) is 10.3. The van der Waals surface area contributed by atoms with Crippen molar-refractivity contribution in [2.45, 2.75) is 19.8 Å². The molecule has 18 heavy (non-hydrogen) atoms. The molecule has 0 saturated carbocycles. The molecule has 5 nitrogen and oxygen atoms in total. The van der Waals surface area contributed by atoms with Crippen LogP contribution >= 0.6 is 70.4 Å². The van der Waals surface area contributed by atoms with Gasteiger partial charge in [-0.3, -0.25) is 0 Å². The van der Waals surface area contributed by atoms with Gasteiger partial charge in [0, 0.05) is 5.75 Å². The van der Waals surface area contributed by atoms with E-state index in [9.17, 15) is 0 Å². The highest BCUT2D eigenvalue weighted by Crippen LogP contribution is 2.49. The van der Waals surface area contributed by atoms with Crippen molar-refractivity contribution >= 4 is 70.4 Å². The van der Waals surface area contributed by atoms with E-state index >= 15 is 0 Å². The summed E-state index contributed by atoms with van der Waals surface area (Å²) >= 11 is 4.00. The molecule has 0 heterocycles. The van der Waals surface area contributed by atoms with Gasteiger partial charge in [0.2, 0.25) is 0 Å². The molecular formula is C6H17O5PS6. The first kappa shape index (κ1) is 22.6. The monoisotopic (exact) mass is 392 g/mol. The Morgan fingerprint density at radius 3 is 2.17 bits per heavy atom. The van der Waals surface area contributed by atoms with Crippen LogP contribution in [0.5, 0.6) is 0 Å². The van der Waals surface area contributed by atoms with Crippen LogP contribution in [0.25, 0.3) is 0 Å². The van der Waals surface area contributed by atoms with Crippen LogP contribution in [0.2, 0.25) is 0 Å². The van der Waals surface area contributed by atoms with Crippen LogP contribution in [0.15, 0.2) is 0 Å². The van der Waals surface area contributed by atoms with Crippen molar-refractivity contribution in [3.8, 4) is 0 Å². The molecule has 0 spiro atoms. The van der Waals surface area contributed by atoms with E-state index in [1.54, 1.807) is 19.7 Å². The predicted octanol–water partition coefficient (Wildman–Crippen LogP) is 5.32. The Bertz CT molecular complexity index is 136. The third-order valence-electron chi connectivity index (χ3n) is 0.992. The summed E-state index contributed by atoms with van der Waals surface area (Å²) in [4.78, 5) is 16.5. The van der Waals surface area contributed by atoms with Crippen molar-refractivity contribution in [2.75, 3.05) is 20.0 Å². The van der Waals surface area contributed by atoms with Gasteiger partial charge < -0.3 is 4.89 Å². The first-order chi connectivity index (χ1) is 8.72. The lowest BCUT2D eigenvalue weighted by molar-refractivity contribution is -0.242. The van der Waals surface area contributed by atoms with Crippen molar-refractivity contribution in [3.63, 3.8) is 0 Å². The van der Waals surface area contributed by atoms with Crippen molar-refractivity contribution < 1.29 is 24.0 Å². The van der Waals surface area contributed by atoms with Crippen LogP contribution in [0, 0.1) is 0 Å². The molecule has 0 radical (unpaired) electrons. The topological polar surface area (TPSA) is 57.2 Å². The zero-order chi connectivity index (χ0) is 14.1. The van der Waals surface area contributed by atoms with Gasteiger partial charge >= 0.3 is 8.60 Å². The van der Waals surface area contributed by atoms with Crippen LogP contribution in [-0.4, -0.2) is 24.9 Å². The average molecular weight is 393 g/mol. The zero-order valence-electron chi connectivity index (χ0n) is 10.1. The fourth-order valence-corrected chi connectivity index (χ4v) is 9.67. The smallest absolute Gasteiger partial charge is 0.325 e. The fourth-order valence-electron chi connectivity index (χ4n) is 0.421. The summed E-state index contributed by atoms with van der Waals surface area (Å²) in [6.45, 7) is 2.22. The summed E-state index contributed by atoms with van der Waals surface area (Å²) in [5, 5.41) is 0. The molecule has 0 bridgehead atoms. The maximum Gasteiger partial charge on any atom is 0.389 e. The van der Waals surface area contributed by atoms with Crippen molar-refractivity contribution in [1.82, 2.24) is 0 Å². The second-order valence-electron chi connectivity index (χ2n) is 2.17. The lowest BCUT2D eigenvalue weighted by Crippen LogP contribution is -1.86. The molecule has 0 fully saturated rings. The Balaban J connectivity index is 0. The number of unbranched alkanes of at least 4 members (excludes halogenated alkanes) is 1. The number of hydrogen-bond acceptors (Lipinski definition) is 11. The molecule has 0 amide bonds. The van der Waals surface area contributed by atoms with Crippen molar-refractivity contribution in [2.24, 2.45) is 0 Å². The Morgan fingerprint density at radius 2 is 1.72 bits per heavy atom. The number of rotatable bonds is 11. The van der Waals surface area contributed by atoms with Gasteiger partial charge in [-0.15, -0.1) is 0 Å². The van der Waals surface area contributed by atoms with Crippen LogP contribution in [-0.2, 0) is 19.1 Å². The standard InChI is InChI=1S/C4H10S6.C2H7O5P/c1-2-3-4-6-8-10-9-7-5;1-4-6-8(3)7-5-2/h5H,2-4H2,1H3;3H,1-2H3. The van der Waals surface area contributed by atoms with Gasteiger partial charge in [0.05, 0.1) is 14.2 Å². The summed E-state index contributed by atoms with van der Waals surface area (Å²) in [6.07, 6.45) is 2.63. The summed E-state index contributed by atoms with van der Waals surface area (Å²) in [5.74, 6) is 1.27. The predicted molar refractivity (Wildman–Crippen MR) is 92.0 cm³/mol. The molecule has 0 aromatic rings. The second-order valence-corrected chi connectivity index (χ2v) is 11.5. The van der Waals surface area contributed by atoms with E-state index in [1.807, 2.05) is 20.6 Å². The molecule has 0 unspecified atom stereocenters. The minimum Gasteiger partial charge on any atom is -0.325 e. The third-order valence-corrected chi connectivity index (χ3v) is 10.6. The molecule has 0 aliphatic rings. The maximum absolute atomic E-state index is 8.42. The second kappa shape index (κ2) is 21.6. The summed E-state index contributed by atoms with van der Waals surface area (Å²) in [7, 11) is 9.26. The van der Waals surface area contributed by atoms with Gasteiger partial charge in [-0.25, -0.2) is 9.78 Å². The van der Waals surface area contributed by atoms with E-state index in [2.05, 4.69) is 37.7 Å². The molecular weight excluding hydrogens is 375 g/mol. The minimum absolute atomic E-state index is 1.25. The highest BCUT2D eigenvalue weighted by Gasteiger charge is 2.04. The van der Waals surface area contributed by atoms with Gasteiger partial charge in [0.1, 0.15) is 0 Å². The van der Waals surface area contributed by atoms with E-state index in [-0.39, 0.29) is 0 Å². The quantitative estimate of drug-likeness (QED) is 0.121. The van der Waals surface area contributed by atoms with Crippen molar-refractivity contribution in [3.05, 3.63) is 0 Å². The van der Waals surface area contributed by atoms with Gasteiger partial charge in [-0.1, -0.05) is 35.8 Å². The van der Waals surface area contributed by atoms with E-state index < -0.39 is 8.60 Å². The molecule has 0 rings (SSSR count). The third kappa shape index (κ3) is 23.4. The molecule has 1 N–H and O–H groups in total. The first-order valence-electron chi connectivity index (χ1n) is 4.56. The summed E-state index contributed by atoms with van der Waals surface area (Å²) in [5.41, 5.74) is 0. The Labute approximate surface area is 133 Å². The zero-order valence-corrected chi connectivity index (χ0v) is 16.0. The molecule has 0 aliphatic heterocycles. The largest absolute Gasteiger partial charge is 0.389 e. The Kier molecular flexibility index (Phi) is 27.2. The van der Waals surface area contributed by atoms with Crippen molar-refractivity contribution in [1.29, 1.82) is 0 Å². The number of thiol groups is 1. The van der Waals surface area contributed by atoms with E-state index in [1.165, 1.54) is 42.6 Å². The highest BCUT2D eigenvalue weighted by atomic mass is 33.9. The van der Waals surface area contributed by atoms with E-state index in [0.29, 0.717) is 0 Å². The van der Waals surface area contributed by atoms with Gasteiger partial charge in [0.25, 0.3) is 0 Å². The van der Waals surface area contributed by atoms with Gasteiger partial charge in [0.15, 0.2) is 0 Å². The number of hydrogen-bond donors (Lipinski definition) is 2.